The predicted molar refractivity (Wildman–Crippen MR) is 88.8 cm³/mol. The number of rotatable bonds is 3. The van der Waals surface area contributed by atoms with Crippen LogP contribution in [0.25, 0.3) is 0 Å². The number of halogens is 1. The van der Waals surface area contributed by atoms with E-state index in [1.165, 1.54) is 12.8 Å². The molecule has 1 aromatic carbocycles. The molecule has 0 unspecified atom stereocenters. The largest absolute Gasteiger partial charge is 0.389 e. The van der Waals surface area contributed by atoms with Gasteiger partial charge in [-0.3, -0.25) is 0 Å². The molecule has 0 aliphatic carbocycles. The van der Waals surface area contributed by atoms with Crippen molar-refractivity contribution in [3.8, 4) is 0 Å². The number of benzene rings is 1. The normalized spacial score (nSPS) is 16.9. The van der Waals surface area contributed by atoms with E-state index >= 15 is 0 Å². The average Bonchev–Trinajstić information content (AvgIpc) is 2.38. The van der Waals surface area contributed by atoms with E-state index in [0.717, 1.165) is 34.1 Å². The maximum atomic E-state index is 5.81. The van der Waals surface area contributed by atoms with E-state index in [4.69, 9.17) is 18.0 Å². The summed E-state index contributed by atoms with van der Waals surface area (Å²) < 4.78 is 1.07. The molecule has 1 aliphatic rings. The Balaban J connectivity index is 2.22. The molecule has 0 radical (unpaired) electrons. The molecule has 5 heteroatoms. The standard InChI is InChI=1S/C13H17BrN2S2/c1-18-10-4-6-16(7-5-10)12-8-9(14)2-3-11(12)13(15)17/h2-3,8,10H,4-7H2,1H3,(H2,15,17). The molecule has 98 valence electrons. The van der Waals surface area contributed by atoms with Gasteiger partial charge in [0.05, 0.1) is 0 Å². The SMILES string of the molecule is CSC1CCN(c2cc(Br)ccc2C(N)=S)CC1. The minimum atomic E-state index is 0.476. The molecule has 1 fully saturated rings. The summed E-state index contributed by atoms with van der Waals surface area (Å²) in [6.45, 7) is 2.16. The lowest BCUT2D eigenvalue weighted by Crippen LogP contribution is -2.36. The fourth-order valence-electron chi connectivity index (χ4n) is 2.31. The summed E-state index contributed by atoms with van der Waals surface area (Å²) in [6, 6.07) is 6.11. The van der Waals surface area contributed by atoms with Gasteiger partial charge in [0.2, 0.25) is 0 Å². The van der Waals surface area contributed by atoms with Gasteiger partial charge in [0.25, 0.3) is 0 Å². The number of thioether (sulfide) groups is 1. The molecule has 18 heavy (non-hydrogen) atoms. The molecule has 1 saturated heterocycles. The first-order valence-corrected chi connectivity index (χ1v) is 8.48. The van der Waals surface area contributed by atoms with E-state index in [1.807, 2.05) is 23.9 Å². The van der Waals surface area contributed by atoms with Gasteiger partial charge in [-0.15, -0.1) is 0 Å². The number of hydrogen-bond acceptors (Lipinski definition) is 3. The molecular formula is C13H17BrN2S2. The second-order valence-electron chi connectivity index (χ2n) is 4.45. The maximum absolute atomic E-state index is 5.81. The minimum Gasteiger partial charge on any atom is -0.389 e. The van der Waals surface area contributed by atoms with E-state index in [0.29, 0.717) is 4.99 Å². The Labute approximate surface area is 126 Å². The van der Waals surface area contributed by atoms with Gasteiger partial charge in [-0.25, -0.2) is 0 Å². The van der Waals surface area contributed by atoms with Crippen molar-refractivity contribution in [2.24, 2.45) is 5.73 Å². The lowest BCUT2D eigenvalue weighted by molar-refractivity contribution is 0.591. The van der Waals surface area contributed by atoms with E-state index in [-0.39, 0.29) is 0 Å². The quantitative estimate of drug-likeness (QED) is 0.850. The van der Waals surface area contributed by atoms with Crippen LogP contribution in [-0.2, 0) is 0 Å². The van der Waals surface area contributed by atoms with Crippen LogP contribution in [0.15, 0.2) is 22.7 Å². The molecule has 1 aliphatic heterocycles. The Kier molecular flexibility index (Phi) is 4.92. The van der Waals surface area contributed by atoms with Gasteiger partial charge in [0, 0.05) is 34.1 Å². The van der Waals surface area contributed by atoms with Gasteiger partial charge in [0.15, 0.2) is 0 Å². The zero-order chi connectivity index (χ0) is 13.1. The molecule has 2 N–H and O–H groups in total. The van der Waals surface area contributed by atoms with E-state index < -0.39 is 0 Å². The number of anilines is 1. The molecule has 0 bridgehead atoms. The van der Waals surface area contributed by atoms with Crippen LogP contribution >= 0.6 is 39.9 Å². The second-order valence-corrected chi connectivity index (χ2v) is 6.94. The highest BCUT2D eigenvalue weighted by Gasteiger charge is 2.21. The molecule has 1 heterocycles. The van der Waals surface area contributed by atoms with Gasteiger partial charge in [-0.2, -0.15) is 11.8 Å². The van der Waals surface area contributed by atoms with E-state index in [9.17, 15) is 0 Å². The maximum Gasteiger partial charge on any atom is 0.106 e. The number of hydrogen-bond donors (Lipinski definition) is 1. The Bertz CT molecular complexity index is 443. The van der Waals surface area contributed by atoms with Gasteiger partial charge >= 0.3 is 0 Å². The molecule has 1 aromatic rings. The molecule has 0 spiro atoms. The highest BCUT2D eigenvalue weighted by atomic mass is 79.9. The van der Waals surface area contributed by atoms with Crippen molar-refractivity contribution in [1.82, 2.24) is 0 Å². The zero-order valence-corrected chi connectivity index (χ0v) is 13.6. The highest BCUT2D eigenvalue weighted by molar-refractivity contribution is 9.10. The van der Waals surface area contributed by atoms with Gasteiger partial charge in [0.1, 0.15) is 4.99 Å². The molecule has 0 saturated carbocycles. The fraction of sp³-hybridized carbons (Fsp3) is 0.462. The summed E-state index contributed by atoms with van der Waals surface area (Å²) in [7, 11) is 0. The Morgan fingerprint density at radius 3 is 2.67 bits per heavy atom. The molecule has 0 atom stereocenters. The van der Waals surface area contributed by atoms with Gasteiger partial charge in [-0.1, -0.05) is 28.1 Å². The number of piperidine rings is 1. The first kappa shape index (κ1) is 14.2. The summed E-state index contributed by atoms with van der Waals surface area (Å²) >= 11 is 10.6. The van der Waals surface area contributed by atoms with Gasteiger partial charge in [-0.05, 0) is 37.3 Å². The lowest BCUT2D eigenvalue weighted by Gasteiger charge is -2.34. The number of thiocarbonyl (C=S) groups is 1. The third kappa shape index (κ3) is 3.19. The topological polar surface area (TPSA) is 29.3 Å². The van der Waals surface area contributed by atoms with E-state index in [1.54, 1.807) is 0 Å². The van der Waals surface area contributed by atoms with Crippen molar-refractivity contribution >= 4 is 50.6 Å². The zero-order valence-electron chi connectivity index (χ0n) is 10.4. The predicted octanol–water partition coefficient (Wildman–Crippen LogP) is 3.42. The Hall–Kier alpha value is -0.260. The summed E-state index contributed by atoms with van der Waals surface area (Å²) in [5, 5.41) is 0.793. The van der Waals surface area contributed by atoms with Crippen LogP contribution in [-0.4, -0.2) is 29.6 Å². The van der Waals surface area contributed by atoms with Crippen molar-refractivity contribution in [2.75, 3.05) is 24.2 Å². The second kappa shape index (κ2) is 6.26. The van der Waals surface area contributed by atoms with Gasteiger partial charge < -0.3 is 10.6 Å². The van der Waals surface area contributed by atoms with Crippen molar-refractivity contribution in [1.29, 1.82) is 0 Å². The average molecular weight is 345 g/mol. The molecule has 2 rings (SSSR count). The third-order valence-electron chi connectivity index (χ3n) is 3.34. The summed E-state index contributed by atoms with van der Waals surface area (Å²) in [5.41, 5.74) is 7.96. The van der Waals surface area contributed by atoms with Crippen LogP contribution in [0, 0.1) is 0 Å². The molecule has 0 amide bonds. The van der Waals surface area contributed by atoms with Crippen molar-refractivity contribution in [2.45, 2.75) is 18.1 Å². The van der Waals surface area contributed by atoms with Crippen molar-refractivity contribution in [3.05, 3.63) is 28.2 Å². The van der Waals surface area contributed by atoms with Crippen LogP contribution in [0.2, 0.25) is 0 Å². The first-order valence-electron chi connectivity index (χ1n) is 5.99. The van der Waals surface area contributed by atoms with Crippen LogP contribution in [0.4, 0.5) is 5.69 Å². The summed E-state index contributed by atoms with van der Waals surface area (Å²) in [5.74, 6) is 0. The van der Waals surface area contributed by atoms with Crippen LogP contribution in [0.1, 0.15) is 18.4 Å². The number of nitrogens with two attached hydrogens (primary N) is 1. The third-order valence-corrected chi connectivity index (χ3v) is 5.19. The summed E-state index contributed by atoms with van der Waals surface area (Å²) in [4.78, 5) is 2.87. The first-order chi connectivity index (χ1) is 8.61. The highest BCUT2D eigenvalue weighted by Crippen LogP contribution is 2.30. The Morgan fingerprint density at radius 1 is 1.44 bits per heavy atom. The minimum absolute atomic E-state index is 0.476. The number of nitrogens with zero attached hydrogens (tertiary/aromatic N) is 1. The monoisotopic (exact) mass is 344 g/mol. The fourth-order valence-corrected chi connectivity index (χ4v) is 3.51. The van der Waals surface area contributed by atoms with Crippen molar-refractivity contribution in [3.63, 3.8) is 0 Å². The molecular weight excluding hydrogens is 328 g/mol. The van der Waals surface area contributed by atoms with Crippen molar-refractivity contribution < 1.29 is 0 Å². The van der Waals surface area contributed by atoms with E-state index in [2.05, 4.69) is 33.2 Å². The van der Waals surface area contributed by atoms with Crippen LogP contribution in [0.5, 0.6) is 0 Å². The van der Waals surface area contributed by atoms with Crippen LogP contribution in [0.3, 0.4) is 0 Å². The smallest absolute Gasteiger partial charge is 0.106 e. The van der Waals surface area contributed by atoms with Crippen LogP contribution < -0.4 is 10.6 Å². The molecule has 0 aromatic heterocycles. The molecule has 2 nitrogen and oxygen atoms in total. The lowest BCUT2D eigenvalue weighted by atomic mass is 10.1. The summed E-state index contributed by atoms with van der Waals surface area (Å²) in [6.07, 6.45) is 4.65. The Morgan fingerprint density at radius 2 is 2.11 bits per heavy atom.